The molecule has 26 heavy (non-hydrogen) atoms. The molecule has 0 atom stereocenters. The molecule has 0 unspecified atom stereocenters. The molecule has 1 aromatic carbocycles. The highest BCUT2D eigenvalue weighted by atomic mass is 79.9. The van der Waals surface area contributed by atoms with Crippen LogP contribution in [-0.4, -0.2) is 26.6 Å². The number of pyridine rings is 1. The van der Waals surface area contributed by atoms with E-state index in [9.17, 15) is 22.8 Å². The maximum Gasteiger partial charge on any atom is 0.417 e. The Kier molecular flexibility index (Phi) is 5.67. The van der Waals surface area contributed by atoms with E-state index in [2.05, 4.69) is 26.2 Å². The van der Waals surface area contributed by atoms with Gasteiger partial charge in [0.25, 0.3) is 5.91 Å². The van der Waals surface area contributed by atoms with E-state index in [1.54, 1.807) is 0 Å². The molecule has 0 saturated heterocycles. The Balaban J connectivity index is 2.54. The van der Waals surface area contributed by atoms with Crippen molar-refractivity contribution in [2.75, 3.05) is 5.32 Å². The molecule has 0 radical (unpaired) electrons. The van der Waals surface area contributed by atoms with E-state index in [1.807, 2.05) is 0 Å². The summed E-state index contributed by atoms with van der Waals surface area (Å²) in [6.07, 6.45) is -3.89. The minimum Gasteiger partial charge on any atom is -0.478 e. The van der Waals surface area contributed by atoms with Gasteiger partial charge in [0.2, 0.25) is 0 Å². The second-order valence-corrected chi connectivity index (χ2v) is 6.05. The summed E-state index contributed by atoms with van der Waals surface area (Å²) >= 11 is 8.58. The average molecular weight is 451 g/mol. The number of carbonyl (C=O) groups excluding carboxylic acids is 1. The van der Waals surface area contributed by atoms with Gasteiger partial charge < -0.3 is 10.4 Å². The summed E-state index contributed by atoms with van der Waals surface area (Å²) in [5.41, 5.74) is -2.82. The van der Waals surface area contributed by atoms with Crippen LogP contribution in [0, 0.1) is 5.41 Å². The minimum absolute atomic E-state index is 0.163. The molecule has 0 aliphatic rings. The number of hydrogen-bond acceptors (Lipinski definition) is 4. The third-order valence-corrected chi connectivity index (χ3v) is 3.83. The molecule has 6 nitrogen and oxygen atoms in total. The number of carboxylic acids is 1. The Morgan fingerprint density at radius 1 is 1.31 bits per heavy atom. The van der Waals surface area contributed by atoms with Crippen molar-refractivity contribution in [1.82, 2.24) is 4.98 Å². The molecular formula is C15H8BrClF3N3O3. The molecule has 0 aliphatic heterocycles. The summed E-state index contributed by atoms with van der Waals surface area (Å²) in [7, 11) is 0. The monoisotopic (exact) mass is 449 g/mol. The van der Waals surface area contributed by atoms with Gasteiger partial charge in [-0.05, 0) is 34.1 Å². The number of benzene rings is 1. The molecule has 0 fully saturated rings. The lowest BCUT2D eigenvalue weighted by molar-refractivity contribution is -0.137. The van der Waals surface area contributed by atoms with Crippen LogP contribution in [0.15, 0.2) is 30.5 Å². The van der Waals surface area contributed by atoms with Crippen LogP contribution in [0.2, 0.25) is 5.02 Å². The summed E-state index contributed by atoms with van der Waals surface area (Å²) in [5, 5.41) is 18.2. The van der Waals surface area contributed by atoms with Crippen LogP contribution >= 0.6 is 27.5 Å². The Morgan fingerprint density at radius 3 is 2.50 bits per heavy atom. The standard InChI is InChI=1S/C15H8BrClF3N3O3/c16-12(21)11-9(4-6(5-22-11)14(25)26)23-13(24)10-7(15(18,19)20)2-1-3-8(10)17/h1-5,21H,(H,23,24)(H,25,26). The van der Waals surface area contributed by atoms with Crippen molar-refractivity contribution in [3.05, 3.63) is 57.9 Å². The van der Waals surface area contributed by atoms with Crippen molar-refractivity contribution in [2.45, 2.75) is 6.18 Å². The number of rotatable bonds is 4. The highest BCUT2D eigenvalue weighted by molar-refractivity contribution is 9.18. The molecule has 0 spiro atoms. The number of hydrogen-bond donors (Lipinski definition) is 3. The third kappa shape index (κ3) is 4.20. The van der Waals surface area contributed by atoms with Crippen LogP contribution in [0.1, 0.15) is 32.0 Å². The Hall–Kier alpha value is -2.46. The van der Waals surface area contributed by atoms with Crippen molar-refractivity contribution in [1.29, 1.82) is 5.41 Å². The zero-order valence-electron chi connectivity index (χ0n) is 12.5. The Labute approximate surface area is 157 Å². The molecule has 0 saturated carbocycles. The van der Waals surface area contributed by atoms with Gasteiger partial charge in [0, 0.05) is 6.20 Å². The van der Waals surface area contributed by atoms with Gasteiger partial charge in [0.05, 0.1) is 27.4 Å². The van der Waals surface area contributed by atoms with E-state index >= 15 is 0 Å². The van der Waals surface area contributed by atoms with E-state index in [1.165, 1.54) is 0 Å². The van der Waals surface area contributed by atoms with Gasteiger partial charge in [0.1, 0.15) is 10.3 Å². The summed E-state index contributed by atoms with van der Waals surface area (Å²) in [6.45, 7) is 0. The van der Waals surface area contributed by atoms with Gasteiger partial charge in [-0.15, -0.1) is 0 Å². The second kappa shape index (κ2) is 7.42. The fourth-order valence-electron chi connectivity index (χ4n) is 2.03. The third-order valence-electron chi connectivity index (χ3n) is 3.14. The van der Waals surface area contributed by atoms with Gasteiger partial charge in [-0.2, -0.15) is 13.2 Å². The summed E-state index contributed by atoms with van der Waals surface area (Å²) in [6, 6.07) is 3.84. The number of halogens is 5. The molecule has 0 aliphatic carbocycles. The van der Waals surface area contributed by atoms with Crippen molar-refractivity contribution in [3.63, 3.8) is 0 Å². The first-order valence-corrected chi connectivity index (χ1v) is 7.84. The van der Waals surface area contributed by atoms with E-state index in [4.69, 9.17) is 22.1 Å². The van der Waals surface area contributed by atoms with Gasteiger partial charge in [0.15, 0.2) is 0 Å². The molecule has 11 heteroatoms. The predicted molar refractivity (Wildman–Crippen MR) is 91.4 cm³/mol. The van der Waals surface area contributed by atoms with E-state index in [-0.39, 0.29) is 21.6 Å². The predicted octanol–water partition coefficient (Wildman–Crippen LogP) is 4.42. The summed E-state index contributed by atoms with van der Waals surface area (Å²) < 4.78 is 39.1. The molecule has 2 aromatic rings. The molecule has 3 N–H and O–H groups in total. The topological polar surface area (TPSA) is 103 Å². The normalized spacial score (nSPS) is 11.1. The zero-order valence-corrected chi connectivity index (χ0v) is 14.8. The van der Waals surface area contributed by atoms with Crippen LogP contribution in [0.5, 0.6) is 0 Å². The lowest BCUT2D eigenvalue weighted by Gasteiger charge is -2.15. The van der Waals surface area contributed by atoms with Crippen LogP contribution in [-0.2, 0) is 6.18 Å². The first-order valence-electron chi connectivity index (χ1n) is 6.67. The second-order valence-electron chi connectivity index (χ2n) is 4.85. The molecular weight excluding hydrogens is 443 g/mol. The molecule has 136 valence electrons. The van der Waals surface area contributed by atoms with Gasteiger partial charge in [-0.25, -0.2) is 4.79 Å². The number of aromatic nitrogens is 1. The lowest BCUT2D eigenvalue weighted by Crippen LogP contribution is -2.21. The van der Waals surface area contributed by atoms with Crippen molar-refractivity contribution in [2.24, 2.45) is 0 Å². The zero-order chi connectivity index (χ0) is 19.6. The first-order chi connectivity index (χ1) is 12.0. The number of anilines is 1. The molecule has 2 rings (SSSR count). The van der Waals surface area contributed by atoms with Crippen LogP contribution in [0.4, 0.5) is 18.9 Å². The van der Waals surface area contributed by atoms with Gasteiger partial charge >= 0.3 is 12.1 Å². The van der Waals surface area contributed by atoms with Gasteiger partial charge in [-0.1, -0.05) is 17.7 Å². The average Bonchev–Trinajstić information content (AvgIpc) is 2.53. The summed E-state index contributed by atoms with van der Waals surface area (Å²) in [5.74, 6) is -2.59. The molecule has 1 heterocycles. The maximum absolute atomic E-state index is 13.1. The smallest absolute Gasteiger partial charge is 0.417 e. The van der Waals surface area contributed by atoms with Crippen LogP contribution in [0.3, 0.4) is 0 Å². The number of carbonyl (C=O) groups is 2. The highest BCUT2D eigenvalue weighted by Gasteiger charge is 2.36. The maximum atomic E-state index is 13.1. The highest BCUT2D eigenvalue weighted by Crippen LogP contribution is 2.35. The minimum atomic E-state index is -4.83. The quantitative estimate of drug-likeness (QED) is 0.600. The number of carboxylic acid groups (broad SMARTS) is 1. The molecule has 1 aromatic heterocycles. The van der Waals surface area contributed by atoms with E-state index in [0.717, 1.165) is 24.4 Å². The largest absolute Gasteiger partial charge is 0.478 e. The fraction of sp³-hybridized carbons (Fsp3) is 0.0667. The van der Waals surface area contributed by atoms with Crippen molar-refractivity contribution in [3.8, 4) is 0 Å². The van der Waals surface area contributed by atoms with E-state index in [0.29, 0.717) is 6.07 Å². The van der Waals surface area contributed by atoms with Gasteiger partial charge in [-0.3, -0.25) is 15.2 Å². The van der Waals surface area contributed by atoms with Crippen LogP contribution < -0.4 is 5.32 Å². The first kappa shape index (κ1) is 19.9. The molecule has 0 bridgehead atoms. The molecule has 1 amide bonds. The van der Waals surface area contributed by atoms with Crippen molar-refractivity contribution >= 4 is 49.7 Å². The fourth-order valence-corrected chi connectivity index (χ4v) is 2.60. The number of aromatic carboxylic acids is 1. The van der Waals surface area contributed by atoms with E-state index < -0.39 is 34.2 Å². The summed E-state index contributed by atoms with van der Waals surface area (Å²) in [4.78, 5) is 27.2. The number of alkyl halides is 3. The SMILES string of the molecule is N=C(Br)c1ncc(C(=O)O)cc1NC(=O)c1c(Cl)cccc1C(F)(F)F. The number of nitrogens with one attached hydrogen (secondary N) is 2. The van der Waals surface area contributed by atoms with Crippen molar-refractivity contribution < 1.29 is 27.9 Å². The Bertz CT molecular complexity index is 919. The number of nitrogens with zero attached hydrogens (tertiary/aromatic N) is 1. The Morgan fingerprint density at radius 2 is 1.96 bits per heavy atom. The van der Waals surface area contributed by atoms with Crippen LogP contribution in [0.25, 0.3) is 0 Å². The lowest BCUT2D eigenvalue weighted by atomic mass is 10.1. The number of amides is 1.